The zero-order valence-corrected chi connectivity index (χ0v) is 13.9. The molecule has 2 saturated heterocycles. The zero-order valence-electron chi connectivity index (χ0n) is 11.5. The van der Waals surface area contributed by atoms with E-state index in [2.05, 4.69) is 9.88 Å². The summed E-state index contributed by atoms with van der Waals surface area (Å²) >= 11 is 6.91. The van der Waals surface area contributed by atoms with Crippen molar-refractivity contribution in [1.82, 2.24) is 14.2 Å². The van der Waals surface area contributed by atoms with Crippen LogP contribution in [0.2, 0.25) is 4.47 Å². The fraction of sp³-hybridized carbons (Fsp3) is 0.750. The molecule has 2 aliphatic heterocycles. The quantitative estimate of drug-likeness (QED) is 0.829. The molecular weight excluding hydrogens is 318 g/mol. The number of piperazine rings is 1. The number of hydrogen-bond acceptors (Lipinski definition) is 5. The van der Waals surface area contributed by atoms with Gasteiger partial charge in [-0.3, -0.25) is 4.90 Å². The first-order valence-electron chi connectivity index (χ1n) is 6.78. The van der Waals surface area contributed by atoms with E-state index in [1.54, 1.807) is 11.2 Å². The summed E-state index contributed by atoms with van der Waals surface area (Å²) in [4.78, 5) is 6.44. The molecular formula is C12H18ClN3O2S2. The van der Waals surface area contributed by atoms with Gasteiger partial charge in [0, 0.05) is 25.2 Å². The van der Waals surface area contributed by atoms with E-state index in [1.165, 1.54) is 0 Å². The third-order valence-electron chi connectivity index (χ3n) is 4.15. The largest absolute Gasteiger partial charge is 0.297 e. The van der Waals surface area contributed by atoms with Gasteiger partial charge in [0.15, 0.2) is 8.68 Å². The number of aryl methyl sites for hydroxylation is 1. The second-order valence-electron chi connectivity index (χ2n) is 5.55. The van der Waals surface area contributed by atoms with E-state index < -0.39 is 10.0 Å². The fourth-order valence-electron chi connectivity index (χ4n) is 3.19. The van der Waals surface area contributed by atoms with E-state index in [0.717, 1.165) is 37.3 Å². The second kappa shape index (κ2) is 5.21. The number of halogens is 1. The summed E-state index contributed by atoms with van der Waals surface area (Å²) < 4.78 is 27.9. The molecule has 0 bridgehead atoms. The molecule has 0 amide bonds. The Labute approximate surface area is 128 Å². The van der Waals surface area contributed by atoms with Crippen LogP contribution in [0.3, 0.4) is 0 Å². The molecule has 8 heteroatoms. The minimum Gasteiger partial charge on any atom is -0.297 e. The lowest BCUT2D eigenvalue weighted by atomic mass is 10.1. The van der Waals surface area contributed by atoms with E-state index in [1.807, 2.05) is 6.92 Å². The summed E-state index contributed by atoms with van der Waals surface area (Å²) in [7, 11) is -3.48. The maximum atomic E-state index is 12.8. The van der Waals surface area contributed by atoms with Crippen molar-refractivity contribution >= 4 is 33.0 Å². The van der Waals surface area contributed by atoms with Crippen LogP contribution in [0.4, 0.5) is 0 Å². The van der Waals surface area contributed by atoms with Crippen LogP contribution in [0.15, 0.2) is 4.21 Å². The molecule has 3 heterocycles. The molecule has 0 radical (unpaired) electrons. The smallest absolute Gasteiger partial charge is 0.254 e. The monoisotopic (exact) mass is 335 g/mol. The van der Waals surface area contributed by atoms with Gasteiger partial charge in [-0.2, -0.15) is 4.31 Å². The number of sulfonamides is 1. The van der Waals surface area contributed by atoms with Crippen LogP contribution in [0.25, 0.3) is 0 Å². The van der Waals surface area contributed by atoms with Crippen molar-refractivity contribution in [3.05, 3.63) is 10.2 Å². The highest BCUT2D eigenvalue weighted by molar-refractivity contribution is 7.91. The summed E-state index contributed by atoms with van der Waals surface area (Å²) in [5, 5.41) is 0. The Balaban J connectivity index is 1.92. The molecule has 1 aromatic rings. The number of thiazole rings is 1. The van der Waals surface area contributed by atoms with Crippen molar-refractivity contribution in [2.45, 2.75) is 43.0 Å². The van der Waals surface area contributed by atoms with Crippen molar-refractivity contribution in [3.8, 4) is 0 Å². The first-order chi connectivity index (χ1) is 9.39. The van der Waals surface area contributed by atoms with Crippen LogP contribution >= 0.6 is 22.9 Å². The highest BCUT2D eigenvalue weighted by Crippen LogP contribution is 2.33. The summed E-state index contributed by atoms with van der Waals surface area (Å²) in [5.41, 5.74) is 0.501. The summed E-state index contributed by atoms with van der Waals surface area (Å²) in [6, 6.07) is 0.360. The predicted molar refractivity (Wildman–Crippen MR) is 79.8 cm³/mol. The number of nitrogens with zero attached hydrogens (tertiary/aromatic N) is 3. The molecule has 0 spiro atoms. The normalized spacial score (nSPS) is 28.8. The number of aromatic nitrogens is 1. The van der Waals surface area contributed by atoms with Crippen LogP contribution < -0.4 is 0 Å². The Hall–Kier alpha value is -0.210. The molecule has 2 unspecified atom stereocenters. The van der Waals surface area contributed by atoms with E-state index >= 15 is 0 Å². The first kappa shape index (κ1) is 14.7. The molecule has 0 N–H and O–H groups in total. The van der Waals surface area contributed by atoms with Gasteiger partial charge >= 0.3 is 0 Å². The lowest BCUT2D eigenvalue weighted by Gasteiger charge is -2.41. The molecule has 2 aliphatic rings. The van der Waals surface area contributed by atoms with Gasteiger partial charge in [0.2, 0.25) is 0 Å². The number of rotatable bonds is 2. The Morgan fingerprint density at radius 2 is 2.15 bits per heavy atom. The van der Waals surface area contributed by atoms with Gasteiger partial charge in [-0.15, -0.1) is 0 Å². The topological polar surface area (TPSA) is 53.5 Å². The minimum atomic E-state index is -3.48. The summed E-state index contributed by atoms with van der Waals surface area (Å²) in [6.07, 6.45) is 2.25. The standard InChI is InChI=1S/C12H18ClN3O2S2/c1-8-6-15-5-3-4-10(15)7-16(8)20(17,18)11-9(2)14-12(13)19-11/h8,10H,3-7H2,1-2H3. The highest BCUT2D eigenvalue weighted by Gasteiger charge is 2.41. The minimum absolute atomic E-state index is 0.00498. The van der Waals surface area contributed by atoms with Crippen molar-refractivity contribution < 1.29 is 8.42 Å². The van der Waals surface area contributed by atoms with Gasteiger partial charge in [-0.1, -0.05) is 22.9 Å². The van der Waals surface area contributed by atoms with Crippen LogP contribution in [0.1, 0.15) is 25.5 Å². The predicted octanol–water partition coefficient (Wildman–Crippen LogP) is 1.96. The summed E-state index contributed by atoms with van der Waals surface area (Å²) in [5.74, 6) is 0. The van der Waals surface area contributed by atoms with E-state index in [0.29, 0.717) is 22.5 Å². The second-order valence-corrected chi connectivity index (χ2v) is 9.22. The Morgan fingerprint density at radius 1 is 1.40 bits per heavy atom. The van der Waals surface area contributed by atoms with Crippen LogP contribution in [-0.2, 0) is 10.0 Å². The Bertz CT molecular complexity index is 616. The third-order valence-corrected chi connectivity index (χ3v) is 7.98. The molecule has 1 aromatic heterocycles. The lowest BCUT2D eigenvalue weighted by molar-refractivity contribution is 0.117. The fourth-order valence-corrected chi connectivity index (χ4v) is 6.70. The Kier molecular flexibility index (Phi) is 3.83. The number of fused-ring (bicyclic) bond motifs is 1. The number of hydrogen-bond donors (Lipinski definition) is 0. The molecule has 112 valence electrons. The van der Waals surface area contributed by atoms with Crippen molar-refractivity contribution in [3.63, 3.8) is 0 Å². The average molecular weight is 336 g/mol. The molecule has 5 nitrogen and oxygen atoms in total. The van der Waals surface area contributed by atoms with Crippen LogP contribution in [0, 0.1) is 6.92 Å². The SMILES string of the molecule is Cc1nc(Cl)sc1S(=O)(=O)N1CC2CCCN2CC1C. The van der Waals surface area contributed by atoms with Crippen molar-refractivity contribution in [2.24, 2.45) is 0 Å². The average Bonchev–Trinajstić information content (AvgIpc) is 2.94. The lowest BCUT2D eigenvalue weighted by Crippen LogP contribution is -2.56. The van der Waals surface area contributed by atoms with Crippen molar-refractivity contribution in [1.29, 1.82) is 0 Å². The van der Waals surface area contributed by atoms with Crippen LogP contribution in [0.5, 0.6) is 0 Å². The molecule has 2 fully saturated rings. The van der Waals surface area contributed by atoms with Crippen LogP contribution in [-0.4, -0.2) is 54.3 Å². The molecule has 0 saturated carbocycles. The molecule has 0 aromatic carbocycles. The van der Waals surface area contributed by atoms with Gasteiger partial charge in [0.1, 0.15) is 0 Å². The zero-order chi connectivity index (χ0) is 14.5. The van der Waals surface area contributed by atoms with E-state index in [-0.39, 0.29) is 10.5 Å². The highest BCUT2D eigenvalue weighted by atomic mass is 35.5. The molecule has 0 aliphatic carbocycles. The van der Waals surface area contributed by atoms with Crippen molar-refractivity contribution in [2.75, 3.05) is 19.6 Å². The van der Waals surface area contributed by atoms with Gasteiger partial charge in [0.25, 0.3) is 10.0 Å². The van der Waals surface area contributed by atoms with E-state index in [4.69, 9.17) is 11.6 Å². The summed E-state index contributed by atoms with van der Waals surface area (Å²) in [6.45, 7) is 6.16. The molecule has 2 atom stereocenters. The van der Waals surface area contributed by atoms with Gasteiger partial charge in [-0.25, -0.2) is 13.4 Å². The Morgan fingerprint density at radius 3 is 2.80 bits per heavy atom. The van der Waals surface area contributed by atoms with Gasteiger partial charge in [-0.05, 0) is 33.2 Å². The van der Waals surface area contributed by atoms with Gasteiger partial charge in [0.05, 0.1) is 5.69 Å². The maximum absolute atomic E-state index is 12.8. The van der Waals surface area contributed by atoms with E-state index in [9.17, 15) is 8.42 Å². The first-order valence-corrected chi connectivity index (χ1v) is 9.42. The maximum Gasteiger partial charge on any atom is 0.254 e. The van der Waals surface area contributed by atoms with Gasteiger partial charge < -0.3 is 0 Å². The third kappa shape index (κ3) is 2.39. The molecule has 3 rings (SSSR count). The molecule has 20 heavy (non-hydrogen) atoms.